The number of aryl methyl sites for hydroxylation is 1. The van der Waals surface area contributed by atoms with E-state index in [9.17, 15) is 0 Å². The maximum absolute atomic E-state index is 5.18. The predicted octanol–water partition coefficient (Wildman–Crippen LogP) is 2.22. The minimum Gasteiger partial charge on any atom is -0.383 e. The normalized spacial score (nSPS) is 17.4. The number of aromatic nitrogens is 2. The SMILES string of the molecule is COCC(C)n1cc(C)nc1NCC1CC1. The van der Waals surface area contributed by atoms with Crippen LogP contribution in [0.1, 0.15) is 31.5 Å². The molecule has 4 heteroatoms. The lowest BCUT2D eigenvalue weighted by Crippen LogP contribution is -2.15. The smallest absolute Gasteiger partial charge is 0.203 e. The molecule has 1 aliphatic rings. The van der Waals surface area contributed by atoms with Gasteiger partial charge < -0.3 is 14.6 Å². The zero-order chi connectivity index (χ0) is 11.5. The van der Waals surface area contributed by atoms with Crippen molar-refractivity contribution in [2.45, 2.75) is 32.7 Å². The van der Waals surface area contributed by atoms with Crippen LogP contribution >= 0.6 is 0 Å². The third-order valence-corrected chi connectivity index (χ3v) is 2.98. The van der Waals surface area contributed by atoms with Crippen molar-refractivity contribution in [1.29, 1.82) is 0 Å². The van der Waals surface area contributed by atoms with E-state index in [0.29, 0.717) is 12.6 Å². The first kappa shape index (κ1) is 11.5. The van der Waals surface area contributed by atoms with Gasteiger partial charge in [0.05, 0.1) is 18.3 Å². The van der Waals surface area contributed by atoms with Gasteiger partial charge in [-0.3, -0.25) is 0 Å². The molecule has 0 saturated heterocycles. The second-order valence-electron chi connectivity index (χ2n) is 4.74. The van der Waals surface area contributed by atoms with Gasteiger partial charge >= 0.3 is 0 Å². The van der Waals surface area contributed by atoms with E-state index in [4.69, 9.17) is 4.74 Å². The molecule has 0 radical (unpaired) electrons. The Hall–Kier alpha value is -1.03. The highest BCUT2D eigenvalue weighted by Gasteiger charge is 2.22. The Morgan fingerprint density at radius 2 is 2.38 bits per heavy atom. The predicted molar refractivity (Wildman–Crippen MR) is 64.8 cm³/mol. The molecule has 1 saturated carbocycles. The maximum atomic E-state index is 5.18. The third kappa shape index (κ3) is 2.76. The monoisotopic (exact) mass is 223 g/mol. The Balaban J connectivity index is 2.02. The molecule has 1 atom stereocenters. The first-order valence-electron chi connectivity index (χ1n) is 5.99. The van der Waals surface area contributed by atoms with Gasteiger partial charge in [0.25, 0.3) is 0 Å². The van der Waals surface area contributed by atoms with Gasteiger partial charge in [0.2, 0.25) is 5.95 Å². The summed E-state index contributed by atoms with van der Waals surface area (Å²) in [5.41, 5.74) is 1.06. The Labute approximate surface area is 97.0 Å². The Morgan fingerprint density at radius 1 is 1.62 bits per heavy atom. The fraction of sp³-hybridized carbons (Fsp3) is 0.750. The molecule has 16 heavy (non-hydrogen) atoms. The zero-order valence-corrected chi connectivity index (χ0v) is 10.4. The quantitative estimate of drug-likeness (QED) is 0.803. The fourth-order valence-corrected chi connectivity index (χ4v) is 1.86. The molecule has 1 N–H and O–H groups in total. The summed E-state index contributed by atoms with van der Waals surface area (Å²) >= 11 is 0. The number of rotatable bonds is 6. The van der Waals surface area contributed by atoms with Gasteiger partial charge in [-0.25, -0.2) is 4.98 Å². The van der Waals surface area contributed by atoms with Crippen LogP contribution in [0.25, 0.3) is 0 Å². The van der Waals surface area contributed by atoms with E-state index in [0.717, 1.165) is 24.1 Å². The van der Waals surface area contributed by atoms with Crippen LogP contribution in [-0.4, -0.2) is 29.8 Å². The molecule has 0 aromatic carbocycles. The molecule has 1 heterocycles. The average Bonchev–Trinajstić information content (AvgIpc) is 2.99. The van der Waals surface area contributed by atoms with Crippen molar-refractivity contribution in [1.82, 2.24) is 9.55 Å². The lowest BCUT2D eigenvalue weighted by molar-refractivity contribution is 0.163. The van der Waals surface area contributed by atoms with Crippen molar-refractivity contribution in [3.63, 3.8) is 0 Å². The molecule has 0 amide bonds. The van der Waals surface area contributed by atoms with Gasteiger partial charge in [0.1, 0.15) is 0 Å². The molecule has 1 aromatic rings. The highest BCUT2D eigenvalue weighted by Crippen LogP contribution is 2.29. The highest BCUT2D eigenvalue weighted by molar-refractivity contribution is 5.30. The van der Waals surface area contributed by atoms with Crippen molar-refractivity contribution < 1.29 is 4.74 Å². The molecule has 0 spiro atoms. The second-order valence-corrected chi connectivity index (χ2v) is 4.74. The largest absolute Gasteiger partial charge is 0.383 e. The van der Waals surface area contributed by atoms with Crippen LogP contribution in [0.3, 0.4) is 0 Å². The first-order valence-corrected chi connectivity index (χ1v) is 5.99. The standard InChI is InChI=1S/C12H21N3O/c1-9-7-15(10(2)8-16-3)12(14-9)13-6-11-4-5-11/h7,10-11H,4-6,8H2,1-3H3,(H,13,14). The lowest BCUT2D eigenvalue weighted by Gasteiger charge is -2.15. The highest BCUT2D eigenvalue weighted by atomic mass is 16.5. The minimum absolute atomic E-state index is 0.327. The van der Waals surface area contributed by atoms with Crippen LogP contribution in [0.15, 0.2) is 6.20 Å². The second kappa shape index (κ2) is 4.87. The Bertz CT molecular complexity index is 344. The van der Waals surface area contributed by atoms with Crippen molar-refractivity contribution in [3.8, 4) is 0 Å². The van der Waals surface area contributed by atoms with E-state index in [1.807, 2.05) is 6.92 Å². The summed E-state index contributed by atoms with van der Waals surface area (Å²) in [5.74, 6) is 1.84. The summed E-state index contributed by atoms with van der Waals surface area (Å²) in [5, 5.41) is 3.43. The first-order chi connectivity index (χ1) is 7.70. The number of nitrogens with zero attached hydrogens (tertiary/aromatic N) is 2. The summed E-state index contributed by atoms with van der Waals surface area (Å²) in [7, 11) is 1.73. The van der Waals surface area contributed by atoms with E-state index in [2.05, 4.69) is 28.0 Å². The van der Waals surface area contributed by atoms with E-state index >= 15 is 0 Å². The zero-order valence-electron chi connectivity index (χ0n) is 10.4. The van der Waals surface area contributed by atoms with Gasteiger partial charge in [-0.2, -0.15) is 0 Å². The van der Waals surface area contributed by atoms with Crippen LogP contribution in [0.2, 0.25) is 0 Å². The number of imidazole rings is 1. The van der Waals surface area contributed by atoms with Crippen molar-refractivity contribution in [2.24, 2.45) is 5.92 Å². The van der Waals surface area contributed by atoms with Gasteiger partial charge in [0.15, 0.2) is 0 Å². The van der Waals surface area contributed by atoms with E-state index in [1.165, 1.54) is 12.8 Å². The van der Waals surface area contributed by atoms with Crippen LogP contribution < -0.4 is 5.32 Å². The molecule has 0 bridgehead atoms. The number of nitrogens with one attached hydrogen (secondary N) is 1. The van der Waals surface area contributed by atoms with Crippen LogP contribution in [0.4, 0.5) is 5.95 Å². The minimum atomic E-state index is 0.327. The van der Waals surface area contributed by atoms with E-state index in [1.54, 1.807) is 7.11 Å². The molecule has 0 aliphatic heterocycles. The molecule has 1 aromatic heterocycles. The number of hydrogen-bond donors (Lipinski definition) is 1. The van der Waals surface area contributed by atoms with Crippen LogP contribution in [0, 0.1) is 12.8 Å². The summed E-state index contributed by atoms with van der Waals surface area (Å²) in [6.07, 6.45) is 4.81. The summed E-state index contributed by atoms with van der Waals surface area (Å²) < 4.78 is 7.35. The summed E-state index contributed by atoms with van der Waals surface area (Å²) in [4.78, 5) is 4.51. The van der Waals surface area contributed by atoms with Gasteiger partial charge in [-0.1, -0.05) is 0 Å². The van der Waals surface area contributed by atoms with Crippen molar-refractivity contribution in [2.75, 3.05) is 25.6 Å². The average molecular weight is 223 g/mol. The number of ether oxygens (including phenoxy) is 1. The summed E-state index contributed by atoms with van der Waals surface area (Å²) in [6.45, 7) is 5.94. The van der Waals surface area contributed by atoms with Gasteiger partial charge in [-0.15, -0.1) is 0 Å². The lowest BCUT2D eigenvalue weighted by atomic mass is 10.3. The van der Waals surface area contributed by atoms with Crippen molar-refractivity contribution in [3.05, 3.63) is 11.9 Å². The molecule has 90 valence electrons. The number of methoxy groups -OCH3 is 1. The molecule has 2 rings (SSSR count). The number of hydrogen-bond acceptors (Lipinski definition) is 3. The maximum Gasteiger partial charge on any atom is 0.203 e. The number of anilines is 1. The van der Waals surface area contributed by atoms with E-state index in [-0.39, 0.29) is 0 Å². The van der Waals surface area contributed by atoms with Gasteiger partial charge in [0, 0.05) is 19.9 Å². The van der Waals surface area contributed by atoms with Crippen LogP contribution in [-0.2, 0) is 4.74 Å². The molecule has 1 fully saturated rings. The molecule has 4 nitrogen and oxygen atoms in total. The van der Waals surface area contributed by atoms with Crippen LogP contribution in [0.5, 0.6) is 0 Å². The fourth-order valence-electron chi connectivity index (χ4n) is 1.86. The Kier molecular flexibility index (Phi) is 3.49. The van der Waals surface area contributed by atoms with E-state index < -0.39 is 0 Å². The third-order valence-electron chi connectivity index (χ3n) is 2.98. The Morgan fingerprint density at radius 3 is 3.00 bits per heavy atom. The summed E-state index contributed by atoms with van der Waals surface area (Å²) in [6, 6.07) is 0.327. The molecular weight excluding hydrogens is 202 g/mol. The molecule has 1 aliphatic carbocycles. The van der Waals surface area contributed by atoms with Crippen molar-refractivity contribution >= 4 is 5.95 Å². The topological polar surface area (TPSA) is 39.1 Å². The van der Waals surface area contributed by atoms with Gasteiger partial charge in [-0.05, 0) is 32.6 Å². The molecular formula is C12H21N3O. The molecule has 1 unspecified atom stereocenters.